The molecule has 0 aromatic heterocycles. The lowest BCUT2D eigenvalue weighted by Crippen LogP contribution is -1.90. The van der Waals surface area contributed by atoms with E-state index in [4.69, 9.17) is 23.2 Å². The van der Waals surface area contributed by atoms with Crippen molar-refractivity contribution in [2.45, 2.75) is 19.3 Å². The van der Waals surface area contributed by atoms with Gasteiger partial charge in [-0.3, -0.25) is 0 Å². The van der Waals surface area contributed by atoms with Crippen molar-refractivity contribution >= 4 is 23.2 Å². The number of halogens is 2. The second-order valence-corrected chi connectivity index (χ2v) is 4.99. The van der Waals surface area contributed by atoms with Crippen LogP contribution >= 0.6 is 23.2 Å². The van der Waals surface area contributed by atoms with Crippen molar-refractivity contribution in [2.24, 2.45) is 0 Å². The Hall–Kier alpha value is -0.980. The molecule has 0 aliphatic carbocycles. The Morgan fingerprint density at radius 2 is 1.18 bits per heavy atom. The summed E-state index contributed by atoms with van der Waals surface area (Å²) in [5.41, 5.74) is 2.58. The zero-order valence-electron chi connectivity index (χ0n) is 9.50. The molecule has 0 aliphatic heterocycles. The van der Waals surface area contributed by atoms with Crippen molar-refractivity contribution in [3.8, 4) is 0 Å². The molecule has 88 valence electrons. The van der Waals surface area contributed by atoms with E-state index in [0.29, 0.717) is 0 Å². The van der Waals surface area contributed by atoms with Crippen LogP contribution in [0.25, 0.3) is 0 Å². The molecule has 2 aromatic rings. The third-order valence-electron chi connectivity index (χ3n) is 2.71. The molecule has 0 saturated heterocycles. The second kappa shape index (κ2) is 6.09. The van der Waals surface area contributed by atoms with Gasteiger partial charge in [0, 0.05) is 10.0 Å². The van der Waals surface area contributed by atoms with E-state index in [2.05, 4.69) is 12.1 Å². The number of aryl methyl sites for hydroxylation is 2. The number of hydrogen-bond acceptors (Lipinski definition) is 0. The van der Waals surface area contributed by atoms with Crippen molar-refractivity contribution in [1.29, 1.82) is 0 Å². The molecule has 2 heteroatoms. The van der Waals surface area contributed by atoms with E-state index in [1.54, 1.807) is 0 Å². The molecule has 0 atom stereocenters. The Kier molecular flexibility index (Phi) is 4.47. The first-order chi connectivity index (χ1) is 8.24. The van der Waals surface area contributed by atoms with E-state index < -0.39 is 0 Å². The molecule has 0 amide bonds. The maximum Gasteiger partial charge on any atom is 0.0408 e. The smallest absolute Gasteiger partial charge is 0.0408 e. The molecule has 0 heterocycles. The number of rotatable bonds is 4. The molecule has 0 spiro atoms. The Balaban J connectivity index is 1.87. The van der Waals surface area contributed by atoms with Gasteiger partial charge in [0.25, 0.3) is 0 Å². The zero-order valence-corrected chi connectivity index (χ0v) is 11.0. The molecule has 17 heavy (non-hydrogen) atoms. The highest BCUT2D eigenvalue weighted by Crippen LogP contribution is 2.15. The van der Waals surface area contributed by atoms with E-state index in [0.717, 1.165) is 29.3 Å². The van der Waals surface area contributed by atoms with Gasteiger partial charge >= 0.3 is 0 Å². The fraction of sp³-hybridized carbons (Fsp3) is 0.200. The zero-order chi connectivity index (χ0) is 12.1. The van der Waals surface area contributed by atoms with Crippen molar-refractivity contribution < 1.29 is 0 Å². The molecule has 0 unspecified atom stereocenters. The molecular weight excluding hydrogens is 251 g/mol. The predicted octanol–water partition coefficient (Wildman–Crippen LogP) is 5.17. The van der Waals surface area contributed by atoms with E-state index in [1.165, 1.54) is 11.1 Å². The van der Waals surface area contributed by atoms with Gasteiger partial charge in [-0.2, -0.15) is 0 Å². The third-order valence-corrected chi connectivity index (χ3v) is 3.18. The number of benzene rings is 2. The second-order valence-electron chi connectivity index (χ2n) is 4.11. The highest BCUT2D eigenvalue weighted by Gasteiger charge is 1.97. The maximum atomic E-state index is 5.94. The predicted molar refractivity (Wildman–Crippen MR) is 74.9 cm³/mol. The van der Waals surface area contributed by atoms with Gasteiger partial charge in [-0.05, 0) is 54.7 Å². The van der Waals surface area contributed by atoms with Gasteiger partial charge in [0.2, 0.25) is 0 Å². The summed E-state index contributed by atoms with van der Waals surface area (Å²) in [6.45, 7) is 0. The van der Waals surface area contributed by atoms with Gasteiger partial charge < -0.3 is 0 Å². The Morgan fingerprint density at radius 1 is 0.706 bits per heavy atom. The quantitative estimate of drug-likeness (QED) is 0.715. The van der Waals surface area contributed by atoms with Crippen LogP contribution < -0.4 is 0 Å². The van der Waals surface area contributed by atoms with Crippen LogP contribution in [0.5, 0.6) is 0 Å². The van der Waals surface area contributed by atoms with Crippen molar-refractivity contribution in [3.05, 3.63) is 69.7 Å². The van der Waals surface area contributed by atoms with Gasteiger partial charge in [0.15, 0.2) is 0 Å². The first-order valence-electron chi connectivity index (χ1n) is 5.73. The topological polar surface area (TPSA) is 0 Å². The first kappa shape index (κ1) is 12.5. The number of hydrogen-bond donors (Lipinski definition) is 0. The molecule has 0 fully saturated rings. The largest absolute Gasteiger partial charge is 0.0843 e. The Labute approximate surface area is 112 Å². The Morgan fingerprint density at radius 3 is 1.59 bits per heavy atom. The molecule has 2 aromatic carbocycles. The van der Waals surface area contributed by atoms with E-state index >= 15 is 0 Å². The summed E-state index contributed by atoms with van der Waals surface area (Å²) in [6, 6.07) is 16.1. The fourth-order valence-corrected chi connectivity index (χ4v) is 2.31. The molecular formula is C15H14Cl2. The molecule has 0 bridgehead atoms. The molecule has 0 aliphatic rings. The fourth-order valence-electron chi connectivity index (χ4n) is 1.88. The highest BCUT2D eigenvalue weighted by molar-refractivity contribution is 6.30. The van der Waals surface area contributed by atoms with E-state index in [1.807, 2.05) is 36.4 Å². The van der Waals surface area contributed by atoms with E-state index in [-0.39, 0.29) is 0 Å². The van der Waals surface area contributed by atoms with Crippen molar-refractivity contribution in [2.75, 3.05) is 0 Å². The molecule has 0 saturated carbocycles. The minimum Gasteiger partial charge on any atom is -0.0843 e. The lowest BCUT2D eigenvalue weighted by molar-refractivity contribution is 0.821. The third kappa shape index (κ3) is 4.07. The summed E-state index contributed by atoms with van der Waals surface area (Å²) in [4.78, 5) is 0. The maximum absolute atomic E-state index is 5.94. The summed E-state index contributed by atoms with van der Waals surface area (Å²) >= 11 is 11.9. The summed E-state index contributed by atoms with van der Waals surface area (Å²) in [6.07, 6.45) is 3.21. The van der Waals surface area contributed by atoms with Gasteiger partial charge in [0.1, 0.15) is 0 Å². The summed E-state index contributed by atoms with van der Waals surface area (Å²) in [5, 5.41) is 1.62. The average molecular weight is 265 g/mol. The normalized spacial score (nSPS) is 10.5. The van der Waals surface area contributed by atoms with E-state index in [9.17, 15) is 0 Å². The van der Waals surface area contributed by atoms with Crippen LogP contribution in [0.3, 0.4) is 0 Å². The van der Waals surface area contributed by atoms with Crippen molar-refractivity contribution in [3.63, 3.8) is 0 Å². The molecule has 2 rings (SSSR count). The van der Waals surface area contributed by atoms with Crippen molar-refractivity contribution in [1.82, 2.24) is 0 Å². The van der Waals surface area contributed by atoms with Crippen LogP contribution in [0.4, 0.5) is 0 Å². The molecule has 0 nitrogen and oxygen atoms in total. The average Bonchev–Trinajstić information content (AvgIpc) is 2.29. The Bertz CT molecular complexity index is 446. The van der Waals surface area contributed by atoms with Crippen LogP contribution in [-0.4, -0.2) is 0 Å². The highest BCUT2D eigenvalue weighted by atomic mass is 35.5. The van der Waals surface area contributed by atoms with Crippen LogP contribution in [-0.2, 0) is 12.8 Å². The lowest BCUT2D eigenvalue weighted by Gasteiger charge is -2.03. The standard InChI is InChI=1S/C15H14Cl2/c16-14-8-2-6-12(10-14)4-1-5-13-7-3-9-15(17)11-13/h2-3,6-11H,1,4-5H2. The minimum atomic E-state index is 0.810. The van der Waals surface area contributed by atoms with Gasteiger partial charge in [-0.25, -0.2) is 0 Å². The van der Waals surface area contributed by atoms with Crippen LogP contribution in [0.1, 0.15) is 17.5 Å². The lowest BCUT2D eigenvalue weighted by atomic mass is 10.0. The van der Waals surface area contributed by atoms with Crippen LogP contribution in [0, 0.1) is 0 Å². The summed E-state index contributed by atoms with van der Waals surface area (Å²) in [5.74, 6) is 0. The summed E-state index contributed by atoms with van der Waals surface area (Å²) in [7, 11) is 0. The van der Waals surface area contributed by atoms with Gasteiger partial charge in [-0.1, -0.05) is 47.5 Å². The minimum absolute atomic E-state index is 0.810. The van der Waals surface area contributed by atoms with Crippen LogP contribution in [0.15, 0.2) is 48.5 Å². The summed E-state index contributed by atoms with van der Waals surface area (Å²) < 4.78 is 0. The monoisotopic (exact) mass is 264 g/mol. The SMILES string of the molecule is Clc1cccc(CCCc2cccc(Cl)c2)c1. The van der Waals surface area contributed by atoms with Crippen LogP contribution in [0.2, 0.25) is 10.0 Å². The molecule has 0 radical (unpaired) electrons. The van der Waals surface area contributed by atoms with Gasteiger partial charge in [0.05, 0.1) is 0 Å². The van der Waals surface area contributed by atoms with Gasteiger partial charge in [-0.15, -0.1) is 0 Å². The first-order valence-corrected chi connectivity index (χ1v) is 6.48. The molecule has 0 N–H and O–H groups in total.